The number of anilines is 1. The molecule has 5 rings (SSSR count). The monoisotopic (exact) mass is 395 g/mol. The molecular weight excluding hydrogens is 362 g/mol. The summed E-state index contributed by atoms with van der Waals surface area (Å²) in [6.07, 6.45) is 6.24. The van der Waals surface area contributed by atoms with Crippen LogP contribution in [0.1, 0.15) is 59.9 Å². The summed E-state index contributed by atoms with van der Waals surface area (Å²) >= 11 is 0. The zero-order chi connectivity index (χ0) is 20.7. The fourth-order valence-corrected chi connectivity index (χ4v) is 5.58. The molecule has 30 heavy (non-hydrogen) atoms. The first-order chi connectivity index (χ1) is 14.6. The normalized spacial score (nSPS) is 19.8. The number of nitrogens with zero attached hydrogens (tertiary/aromatic N) is 1. The van der Waals surface area contributed by atoms with Gasteiger partial charge in [0.15, 0.2) is 0 Å². The molecule has 1 aliphatic heterocycles. The van der Waals surface area contributed by atoms with E-state index in [-0.39, 0.29) is 0 Å². The molecule has 2 unspecified atom stereocenters. The van der Waals surface area contributed by atoms with Crippen molar-refractivity contribution in [3.63, 3.8) is 0 Å². The zero-order valence-corrected chi connectivity index (χ0v) is 18.6. The first-order valence-corrected chi connectivity index (χ1v) is 11.7. The average Bonchev–Trinajstić information content (AvgIpc) is 3.19. The number of aryl methyl sites for hydroxylation is 3. The Hall–Kier alpha value is -2.54. The summed E-state index contributed by atoms with van der Waals surface area (Å²) < 4.78 is 0. The molecule has 1 nitrogen and oxygen atoms in total. The maximum absolute atomic E-state index is 2.73. The van der Waals surface area contributed by atoms with Gasteiger partial charge in [-0.25, -0.2) is 0 Å². The highest BCUT2D eigenvalue weighted by molar-refractivity contribution is 5.73. The molecule has 3 aromatic carbocycles. The standard InChI is InChI=1S/C29H33N/c1-4-22-15-21(3)16-26(17-22)24-10-12-28-25-9-11-27(18-25)30(29(28)19-24)14-13-23-7-5-20(2)6-8-23/h5-8,10,12,15-17,19,25,27H,4,9,11,13-14,18H2,1-3H3. The molecule has 2 atom stereocenters. The average molecular weight is 396 g/mol. The number of hydrogen-bond acceptors (Lipinski definition) is 1. The predicted molar refractivity (Wildman–Crippen MR) is 129 cm³/mol. The topological polar surface area (TPSA) is 3.24 Å². The van der Waals surface area contributed by atoms with E-state index in [4.69, 9.17) is 0 Å². The van der Waals surface area contributed by atoms with E-state index in [0.717, 1.165) is 25.3 Å². The van der Waals surface area contributed by atoms with E-state index in [0.29, 0.717) is 6.04 Å². The highest BCUT2D eigenvalue weighted by atomic mass is 15.2. The maximum Gasteiger partial charge on any atom is 0.0410 e. The molecule has 1 saturated carbocycles. The number of fused-ring (bicyclic) bond motifs is 4. The van der Waals surface area contributed by atoms with E-state index >= 15 is 0 Å². The van der Waals surface area contributed by atoms with E-state index in [1.807, 2.05) is 0 Å². The third-order valence-electron chi connectivity index (χ3n) is 7.27. The van der Waals surface area contributed by atoms with Crippen molar-refractivity contribution < 1.29 is 0 Å². The van der Waals surface area contributed by atoms with E-state index in [1.54, 1.807) is 5.56 Å². The van der Waals surface area contributed by atoms with Crippen molar-refractivity contribution in [1.29, 1.82) is 0 Å². The van der Waals surface area contributed by atoms with Gasteiger partial charge in [-0.15, -0.1) is 0 Å². The van der Waals surface area contributed by atoms with E-state index in [1.165, 1.54) is 58.3 Å². The molecule has 3 aromatic rings. The van der Waals surface area contributed by atoms with Crippen LogP contribution >= 0.6 is 0 Å². The lowest BCUT2D eigenvalue weighted by Crippen LogP contribution is -2.38. The summed E-state index contributed by atoms with van der Waals surface area (Å²) in [5.41, 5.74) is 11.4. The summed E-state index contributed by atoms with van der Waals surface area (Å²) in [7, 11) is 0. The largest absolute Gasteiger partial charge is 0.368 e. The number of benzene rings is 3. The van der Waals surface area contributed by atoms with Crippen LogP contribution in [0.5, 0.6) is 0 Å². The second-order valence-corrected chi connectivity index (χ2v) is 9.43. The number of hydrogen-bond donors (Lipinski definition) is 0. The summed E-state index contributed by atoms with van der Waals surface area (Å²) in [4.78, 5) is 2.73. The lowest BCUT2D eigenvalue weighted by molar-refractivity contribution is 0.569. The van der Waals surface area contributed by atoms with Gasteiger partial charge < -0.3 is 4.90 Å². The lowest BCUT2D eigenvalue weighted by atomic mass is 9.88. The third-order valence-corrected chi connectivity index (χ3v) is 7.27. The third kappa shape index (κ3) is 3.67. The van der Waals surface area contributed by atoms with Crippen molar-refractivity contribution in [2.24, 2.45) is 0 Å². The SMILES string of the molecule is CCc1cc(C)cc(-c2ccc3c(c2)N(CCc2ccc(C)cc2)C2CCC3C2)c1. The van der Waals surface area contributed by atoms with Gasteiger partial charge in [-0.2, -0.15) is 0 Å². The Balaban J connectivity index is 1.48. The van der Waals surface area contributed by atoms with Gasteiger partial charge in [-0.3, -0.25) is 0 Å². The first-order valence-electron chi connectivity index (χ1n) is 11.7. The molecule has 0 aromatic heterocycles. The molecule has 1 heterocycles. The van der Waals surface area contributed by atoms with Gasteiger partial charge in [0, 0.05) is 18.3 Å². The molecule has 2 aliphatic rings. The highest BCUT2D eigenvalue weighted by Gasteiger charge is 2.37. The van der Waals surface area contributed by atoms with Gasteiger partial charge in [0.1, 0.15) is 0 Å². The predicted octanol–water partition coefficient (Wildman–Crippen LogP) is 7.23. The van der Waals surface area contributed by atoms with Gasteiger partial charge >= 0.3 is 0 Å². The van der Waals surface area contributed by atoms with Gasteiger partial charge in [-0.1, -0.05) is 72.6 Å². The number of rotatable bonds is 5. The Morgan fingerprint density at radius 2 is 1.63 bits per heavy atom. The van der Waals surface area contributed by atoms with Gasteiger partial charge in [-0.05, 0) is 85.8 Å². The van der Waals surface area contributed by atoms with E-state index in [2.05, 4.69) is 86.3 Å². The van der Waals surface area contributed by atoms with Crippen LogP contribution in [0.25, 0.3) is 11.1 Å². The summed E-state index contributed by atoms with van der Waals surface area (Å²) in [6.45, 7) is 7.75. The molecule has 154 valence electrons. The molecule has 0 saturated heterocycles. The second kappa shape index (κ2) is 7.95. The fraction of sp³-hybridized carbons (Fsp3) is 0.379. The molecule has 0 radical (unpaired) electrons. The Morgan fingerprint density at radius 1 is 0.800 bits per heavy atom. The highest BCUT2D eigenvalue weighted by Crippen LogP contribution is 2.48. The smallest absolute Gasteiger partial charge is 0.0410 e. The molecule has 1 fully saturated rings. The molecule has 2 bridgehead atoms. The van der Waals surface area contributed by atoms with Crippen molar-refractivity contribution >= 4 is 5.69 Å². The summed E-state index contributed by atoms with van der Waals surface area (Å²) in [5.74, 6) is 0.762. The van der Waals surface area contributed by atoms with Gasteiger partial charge in [0.25, 0.3) is 0 Å². The van der Waals surface area contributed by atoms with Crippen LogP contribution in [0, 0.1) is 13.8 Å². The molecule has 0 N–H and O–H groups in total. The van der Waals surface area contributed by atoms with Crippen molar-refractivity contribution in [3.05, 3.63) is 88.5 Å². The zero-order valence-electron chi connectivity index (χ0n) is 18.6. The Kier molecular flexibility index (Phi) is 5.15. The van der Waals surface area contributed by atoms with Gasteiger partial charge in [0.05, 0.1) is 0 Å². The van der Waals surface area contributed by atoms with Crippen molar-refractivity contribution in [1.82, 2.24) is 0 Å². The van der Waals surface area contributed by atoms with Crippen LogP contribution in [-0.4, -0.2) is 12.6 Å². The fourth-order valence-electron chi connectivity index (χ4n) is 5.58. The van der Waals surface area contributed by atoms with Crippen molar-refractivity contribution in [2.75, 3.05) is 11.4 Å². The van der Waals surface area contributed by atoms with Crippen LogP contribution in [0.4, 0.5) is 5.69 Å². The Bertz CT molecular complexity index is 1050. The Labute approximate surface area is 181 Å². The molecule has 1 heteroatoms. The molecular formula is C29H33N. The van der Waals surface area contributed by atoms with E-state index in [9.17, 15) is 0 Å². The van der Waals surface area contributed by atoms with Crippen LogP contribution in [-0.2, 0) is 12.8 Å². The molecule has 1 aliphatic carbocycles. The Morgan fingerprint density at radius 3 is 2.43 bits per heavy atom. The quantitative estimate of drug-likeness (QED) is 0.440. The van der Waals surface area contributed by atoms with Crippen molar-refractivity contribution in [3.8, 4) is 11.1 Å². The van der Waals surface area contributed by atoms with Gasteiger partial charge in [0.2, 0.25) is 0 Å². The van der Waals surface area contributed by atoms with Crippen LogP contribution in [0.15, 0.2) is 60.7 Å². The second-order valence-electron chi connectivity index (χ2n) is 9.43. The lowest BCUT2D eigenvalue weighted by Gasteiger charge is -2.37. The van der Waals surface area contributed by atoms with Crippen LogP contribution in [0.2, 0.25) is 0 Å². The minimum absolute atomic E-state index is 0.715. The van der Waals surface area contributed by atoms with Crippen LogP contribution < -0.4 is 4.90 Å². The minimum atomic E-state index is 0.715. The molecule has 0 spiro atoms. The maximum atomic E-state index is 2.73. The summed E-state index contributed by atoms with van der Waals surface area (Å²) in [5, 5.41) is 0. The van der Waals surface area contributed by atoms with E-state index < -0.39 is 0 Å². The van der Waals surface area contributed by atoms with Crippen molar-refractivity contribution in [2.45, 2.75) is 64.8 Å². The first kappa shape index (κ1) is 19.4. The molecule has 0 amide bonds. The summed E-state index contributed by atoms with van der Waals surface area (Å²) in [6, 6.07) is 24.1. The minimum Gasteiger partial charge on any atom is -0.368 e. The van der Waals surface area contributed by atoms with Crippen LogP contribution in [0.3, 0.4) is 0 Å².